The Morgan fingerprint density at radius 1 is 1.36 bits per heavy atom. The van der Waals surface area contributed by atoms with Gasteiger partial charge in [0, 0.05) is 7.11 Å². The van der Waals surface area contributed by atoms with E-state index in [1.165, 1.54) is 7.11 Å². The van der Waals surface area contributed by atoms with Gasteiger partial charge in [-0.2, -0.15) is 0 Å². The fourth-order valence-corrected chi connectivity index (χ4v) is 1.11. The smallest absolute Gasteiger partial charge is 0.314 e. The molecule has 0 spiro atoms. The Morgan fingerprint density at radius 3 is 2.09 bits per heavy atom. The predicted molar refractivity (Wildman–Crippen MR) is 46.0 cm³/mol. The highest BCUT2D eigenvalue weighted by atomic mass is 31.1. The summed E-state index contributed by atoms with van der Waals surface area (Å²) in [4.78, 5) is 0. The molecule has 0 radical (unpaired) electrons. The third-order valence-electron chi connectivity index (χ3n) is 1.66. The van der Waals surface area contributed by atoms with Crippen LogP contribution in [-0.4, -0.2) is 13.2 Å². The molecule has 0 N–H and O–H groups in total. The Morgan fingerprint density at radius 2 is 1.82 bits per heavy atom. The zero-order chi connectivity index (χ0) is 9.07. The van der Waals surface area contributed by atoms with Crippen molar-refractivity contribution in [3.63, 3.8) is 0 Å². The van der Waals surface area contributed by atoms with Crippen molar-refractivity contribution in [2.75, 3.05) is 7.11 Å². The van der Waals surface area contributed by atoms with Crippen LogP contribution in [0.25, 0.3) is 0 Å². The molecule has 2 unspecified atom stereocenters. The van der Waals surface area contributed by atoms with Crippen molar-refractivity contribution in [3.05, 3.63) is 0 Å². The summed E-state index contributed by atoms with van der Waals surface area (Å²) in [6.45, 7) is 7.98. The van der Waals surface area contributed by atoms with Gasteiger partial charge in [-0.05, 0) is 12.3 Å². The van der Waals surface area contributed by atoms with Gasteiger partial charge < -0.3 is 9.05 Å². The average Bonchev–Trinajstić information content (AvgIpc) is 1.85. The molecular weight excluding hydrogens is 163 g/mol. The second kappa shape index (κ2) is 4.24. The first-order valence-electron chi connectivity index (χ1n) is 3.62. The minimum absolute atomic E-state index is 0.0128. The van der Waals surface area contributed by atoms with Crippen molar-refractivity contribution >= 4 is 8.25 Å². The van der Waals surface area contributed by atoms with Gasteiger partial charge in [-0.3, -0.25) is 4.57 Å². The van der Waals surface area contributed by atoms with E-state index in [0.29, 0.717) is 0 Å². The van der Waals surface area contributed by atoms with Gasteiger partial charge in [0.05, 0.1) is 6.10 Å². The van der Waals surface area contributed by atoms with Crippen molar-refractivity contribution in [1.82, 2.24) is 0 Å². The largest absolute Gasteiger partial charge is 0.319 e. The maximum absolute atomic E-state index is 10.8. The van der Waals surface area contributed by atoms with Crippen LogP contribution in [0, 0.1) is 5.41 Å². The maximum Gasteiger partial charge on any atom is 0.319 e. The van der Waals surface area contributed by atoms with Crippen molar-refractivity contribution in [2.45, 2.75) is 33.8 Å². The lowest BCUT2D eigenvalue weighted by molar-refractivity contribution is 0.0938. The highest BCUT2D eigenvalue weighted by Crippen LogP contribution is 2.32. The molecule has 0 rings (SSSR count). The van der Waals surface area contributed by atoms with E-state index in [-0.39, 0.29) is 11.5 Å². The summed E-state index contributed by atoms with van der Waals surface area (Å²) in [5.41, 5.74) is 0.0128. The minimum atomic E-state index is -2.26. The van der Waals surface area contributed by atoms with Crippen LogP contribution in [-0.2, 0) is 13.6 Å². The van der Waals surface area contributed by atoms with Crippen LogP contribution in [0.1, 0.15) is 27.7 Å². The predicted octanol–water partition coefficient (Wildman–Crippen LogP) is 2.47. The Balaban J connectivity index is 3.87. The van der Waals surface area contributed by atoms with Crippen LogP contribution in [0.5, 0.6) is 0 Å². The maximum atomic E-state index is 10.8. The van der Waals surface area contributed by atoms with Crippen LogP contribution >= 0.6 is 8.25 Å². The molecule has 0 aromatic rings. The molecule has 0 heterocycles. The minimum Gasteiger partial charge on any atom is -0.314 e. The quantitative estimate of drug-likeness (QED) is 0.626. The Labute approximate surface area is 69.0 Å². The molecule has 68 valence electrons. The number of hydrogen-bond donors (Lipinski definition) is 0. The van der Waals surface area contributed by atoms with Crippen molar-refractivity contribution in [3.8, 4) is 0 Å². The molecule has 0 aliphatic heterocycles. The molecular formula is C7H17O3P. The van der Waals surface area contributed by atoms with Gasteiger partial charge in [0.2, 0.25) is 0 Å². The molecule has 0 saturated carbocycles. The lowest BCUT2D eigenvalue weighted by Crippen LogP contribution is -2.23. The van der Waals surface area contributed by atoms with Crippen molar-refractivity contribution in [1.29, 1.82) is 0 Å². The summed E-state index contributed by atoms with van der Waals surface area (Å²) < 4.78 is 20.4. The van der Waals surface area contributed by atoms with E-state index in [2.05, 4.69) is 4.52 Å². The first-order valence-corrected chi connectivity index (χ1v) is 4.85. The molecule has 0 amide bonds. The third kappa shape index (κ3) is 4.57. The van der Waals surface area contributed by atoms with Gasteiger partial charge in [-0.25, -0.2) is 0 Å². The van der Waals surface area contributed by atoms with Crippen molar-refractivity contribution < 1.29 is 13.6 Å². The highest BCUT2D eigenvalue weighted by molar-refractivity contribution is 7.33. The summed E-state index contributed by atoms with van der Waals surface area (Å²) in [5.74, 6) is 0. The third-order valence-corrected chi connectivity index (χ3v) is 2.54. The van der Waals surface area contributed by atoms with Gasteiger partial charge in [0.25, 0.3) is 0 Å². The fourth-order valence-electron chi connectivity index (χ4n) is 0.369. The summed E-state index contributed by atoms with van der Waals surface area (Å²) in [5, 5.41) is 0. The molecule has 0 aliphatic rings. The molecule has 0 aromatic heterocycles. The summed E-state index contributed by atoms with van der Waals surface area (Å²) in [7, 11) is -0.875. The number of rotatable bonds is 3. The molecule has 4 heteroatoms. The average molecular weight is 180 g/mol. The van der Waals surface area contributed by atoms with Crippen LogP contribution in [0.2, 0.25) is 0 Å². The lowest BCUT2D eigenvalue weighted by Gasteiger charge is -2.26. The van der Waals surface area contributed by atoms with Crippen LogP contribution in [0.15, 0.2) is 0 Å². The van der Waals surface area contributed by atoms with Crippen LogP contribution < -0.4 is 0 Å². The first kappa shape index (κ1) is 11.2. The zero-order valence-corrected chi connectivity index (χ0v) is 8.80. The monoisotopic (exact) mass is 180 g/mol. The molecule has 11 heavy (non-hydrogen) atoms. The van der Waals surface area contributed by atoms with E-state index in [1.54, 1.807) is 0 Å². The van der Waals surface area contributed by atoms with E-state index in [1.807, 2.05) is 27.7 Å². The topological polar surface area (TPSA) is 35.5 Å². The molecule has 0 aromatic carbocycles. The summed E-state index contributed by atoms with van der Waals surface area (Å²) in [6.07, 6.45) is -0.0474. The molecule has 0 fully saturated rings. The zero-order valence-electron chi connectivity index (χ0n) is 7.80. The van der Waals surface area contributed by atoms with Gasteiger partial charge in [-0.15, -0.1) is 0 Å². The molecule has 3 nitrogen and oxygen atoms in total. The van der Waals surface area contributed by atoms with Gasteiger partial charge in [0.1, 0.15) is 0 Å². The number of hydrogen-bond acceptors (Lipinski definition) is 3. The fraction of sp³-hybridized carbons (Fsp3) is 1.00. The Bertz CT molecular complexity index is 139. The van der Waals surface area contributed by atoms with Crippen LogP contribution in [0.3, 0.4) is 0 Å². The van der Waals surface area contributed by atoms with E-state index in [4.69, 9.17) is 4.52 Å². The SMILES string of the molecule is CO[PH](=O)OC(C)C(C)(C)C. The lowest BCUT2D eigenvalue weighted by atomic mass is 9.91. The van der Waals surface area contributed by atoms with E-state index < -0.39 is 8.25 Å². The van der Waals surface area contributed by atoms with Crippen molar-refractivity contribution in [2.24, 2.45) is 5.41 Å². The first-order chi connectivity index (χ1) is 4.88. The summed E-state index contributed by atoms with van der Waals surface area (Å²) >= 11 is 0. The normalized spacial score (nSPS) is 17.9. The van der Waals surface area contributed by atoms with Gasteiger partial charge >= 0.3 is 8.25 Å². The molecule has 0 bridgehead atoms. The molecule has 0 aliphatic carbocycles. The Hall–Kier alpha value is 0.150. The summed E-state index contributed by atoms with van der Waals surface area (Å²) in [6, 6.07) is 0. The highest BCUT2D eigenvalue weighted by Gasteiger charge is 2.22. The molecule has 2 atom stereocenters. The van der Waals surface area contributed by atoms with Gasteiger partial charge in [-0.1, -0.05) is 20.8 Å². The standard InChI is InChI=1S/C7H17O3P/c1-6(7(2,3)4)10-11(8)9-5/h6,11H,1-5H3. The van der Waals surface area contributed by atoms with E-state index in [0.717, 1.165) is 0 Å². The molecule has 0 saturated heterocycles. The second-order valence-electron chi connectivity index (χ2n) is 3.58. The van der Waals surface area contributed by atoms with E-state index in [9.17, 15) is 4.57 Å². The van der Waals surface area contributed by atoms with Crippen LogP contribution in [0.4, 0.5) is 0 Å². The van der Waals surface area contributed by atoms with E-state index >= 15 is 0 Å². The Kier molecular flexibility index (Phi) is 4.30. The van der Waals surface area contributed by atoms with Gasteiger partial charge in [0.15, 0.2) is 0 Å². The second-order valence-corrected chi connectivity index (χ2v) is 4.72.